The number of hydrogen-bond donors (Lipinski definition) is 1. The van der Waals surface area contributed by atoms with Crippen LogP contribution in [0, 0.1) is 0 Å². The van der Waals surface area contributed by atoms with E-state index in [1.54, 1.807) is 18.2 Å². The van der Waals surface area contributed by atoms with Gasteiger partial charge in [-0.05, 0) is 25.1 Å². The van der Waals surface area contributed by atoms with Crippen molar-refractivity contribution in [2.75, 3.05) is 45.2 Å². The van der Waals surface area contributed by atoms with Crippen LogP contribution in [0.5, 0.6) is 5.75 Å². The molecule has 0 unspecified atom stereocenters. The molecule has 2 heterocycles. The van der Waals surface area contributed by atoms with Crippen molar-refractivity contribution >= 4 is 11.5 Å². The molecule has 0 amide bonds. The monoisotopic (exact) mass is 320 g/mol. The lowest BCUT2D eigenvalue weighted by Crippen LogP contribution is -2.46. The molecule has 0 bridgehead atoms. The molecule has 0 atom stereocenters. The summed E-state index contributed by atoms with van der Waals surface area (Å²) in [5, 5.41) is 0. The minimum Gasteiger partial charge on any atom is -0.492 e. The largest absolute Gasteiger partial charge is 0.492 e. The lowest BCUT2D eigenvalue weighted by atomic mass is 10.0. The lowest BCUT2D eigenvalue weighted by Gasteiger charge is -2.37. The highest BCUT2D eigenvalue weighted by Crippen LogP contribution is 2.31. The van der Waals surface area contributed by atoms with E-state index in [2.05, 4.69) is 4.90 Å². The number of benzene rings is 1. The summed E-state index contributed by atoms with van der Waals surface area (Å²) in [4.78, 5) is 14.6. The average molecular weight is 320 g/mol. The SMILES string of the molecule is CCOc1ccc(C(=O)CN2CCC3(CC2)OCCO3)cc1N. The first-order chi connectivity index (χ1) is 11.1. The van der Waals surface area contributed by atoms with Crippen molar-refractivity contribution in [3.8, 4) is 5.75 Å². The van der Waals surface area contributed by atoms with Crippen molar-refractivity contribution in [2.45, 2.75) is 25.6 Å². The molecule has 1 aromatic rings. The number of nitrogens with zero attached hydrogens (tertiary/aromatic N) is 1. The van der Waals surface area contributed by atoms with Crippen molar-refractivity contribution in [3.63, 3.8) is 0 Å². The predicted molar refractivity (Wildman–Crippen MR) is 86.7 cm³/mol. The first-order valence-electron chi connectivity index (χ1n) is 8.18. The Morgan fingerprint density at radius 2 is 2.00 bits per heavy atom. The van der Waals surface area contributed by atoms with Gasteiger partial charge in [0.2, 0.25) is 0 Å². The summed E-state index contributed by atoms with van der Waals surface area (Å²) >= 11 is 0. The summed E-state index contributed by atoms with van der Waals surface area (Å²) < 4.78 is 16.8. The number of anilines is 1. The molecule has 2 aliphatic rings. The first-order valence-corrected chi connectivity index (χ1v) is 8.18. The van der Waals surface area contributed by atoms with Gasteiger partial charge in [-0.15, -0.1) is 0 Å². The van der Waals surface area contributed by atoms with Gasteiger partial charge in [0.15, 0.2) is 11.6 Å². The number of ether oxygens (including phenoxy) is 3. The zero-order valence-electron chi connectivity index (χ0n) is 13.5. The van der Waals surface area contributed by atoms with Crippen molar-refractivity contribution in [2.24, 2.45) is 0 Å². The van der Waals surface area contributed by atoms with Crippen LogP contribution >= 0.6 is 0 Å². The molecule has 0 saturated carbocycles. The molecule has 2 aliphatic heterocycles. The zero-order chi connectivity index (χ0) is 16.3. The third-order valence-electron chi connectivity index (χ3n) is 4.43. The number of nitrogen functional groups attached to an aromatic ring is 1. The van der Waals surface area contributed by atoms with E-state index >= 15 is 0 Å². The predicted octanol–water partition coefficient (Wildman–Crippen LogP) is 1.69. The van der Waals surface area contributed by atoms with Gasteiger partial charge in [-0.2, -0.15) is 0 Å². The number of piperidine rings is 1. The summed E-state index contributed by atoms with van der Waals surface area (Å²) in [6, 6.07) is 5.23. The van der Waals surface area contributed by atoms with E-state index in [1.165, 1.54) is 0 Å². The van der Waals surface area contributed by atoms with Gasteiger partial charge in [-0.3, -0.25) is 9.69 Å². The second-order valence-corrected chi connectivity index (χ2v) is 5.99. The molecule has 23 heavy (non-hydrogen) atoms. The normalized spacial score (nSPS) is 20.7. The number of rotatable bonds is 5. The van der Waals surface area contributed by atoms with Gasteiger partial charge < -0.3 is 19.9 Å². The van der Waals surface area contributed by atoms with Crippen molar-refractivity contribution in [3.05, 3.63) is 23.8 Å². The van der Waals surface area contributed by atoms with E-state index in [0.29, 0.717) is 43.4 Å². The summed E-state index contributed by atoms with van der Waals surface area (Å²) in [6.45, 7) is 5.80. The van der Waals surface area contributed by atoms with Crippen LogP contribution in [0.15, 0.2) is 18.2 Å². The highest BCUT2D eigenvalue weighted by atomic mass is 16.7. The lowest BCUT2D eigenvalue weighted by molar-refractivity contribution is -0.184. The van der Waals surface area contributed by atoms with Crippen molar-refractivity contribution in [1.82, 2.24) is 4.90 Å². The minimum absolute atomic E-state index is 0.0731. The molecule has 1 aromatic carbocycles. The number of carbonyl (C=O) groups is 1. The maximum atomic E-state index is 12.4. The highest BCUT2D eigenvalue weighted by Gasteiger charge is 2.39. The molecule has 2 N–H and O–H groups in total. The average Bonchev–Trinajstić information content (AvgIpc) is 3.00. The number of hydrogen-bond acceptors (Lipinski definition) is 6. The van der Waals surface area contributed by atoms with E-state index in [-0.39, 0.29) is 5.78 Å². The molecule has 0 aliphatic carbocycles. The summed E-state index contributed by atoms with van der Waals surface area (Å²) in [5.74, 6) is 0.298. The topological polar surface area (TPSA) is 74.0 Å². The van der Waals surface area contributed by atoms with E-state index in [1.807, 2.05) is 6.92 Å². The zero-order valence-corrected chi connectivity index (χ0v) is 13.5. The third-order valence-corrected chi connectivity index (χ3v) is 4.43. The second kappa shape index (κ2) is 6.86. The molecule has 6 heteroatoms. The van der Waals surface area contributed by atoms with E-state index in [4.69, 9.17) is 19.9 Å². The van der Waals surface area contributed by atoms with Crippen LogP contribution in [-0.4, -0.2) is 55.9 Å². The Hall–Kier alpha value is -1.63. The summed E-state index contributed by atoms with van der Waals surface area (Å²) in [7, 11) is 0. The van der Waals surface area contributed by atoms with Gasteiger partial charge in [0.1, 0.15) is 5.75 Å². The van der Waals surface area contributed by atoms with Crippen molar-refractivity contribution < 1.29 is 19.0 Å². The Morgan fingerprint density at radius 1 is 1.30 bits per heavy atom. The molecule has 2 fully saturated rings. The molecule has 0 radical (unpaired) electrons. The molecule has 6 nitrogen and oxygen atoms in total. The van der Waals surface area contributed by atoms with Crippen LogP contribution in [0.2, 0.25) is 0 Å². The van der Waals surface area contributed by atoms with Gasteiger partial charge in [-0.25, -0.2) is 0 Å². The molecular weight excluding hydrogens is 296 g/mol. The molecule has 2 saturated heterocycles. The maximum absolute atomic E-state index is 12.4. The van der Waals surface area contributed by atoms with Crippen LogP contribution in [0.3, 0.4) is 0 Å². The van der Waals surface area contributed by atoms with Crippen LogP contribution in [0.1, 0.15) is 30.1 Å². The van der Waals surface area contributed by atoms with E-state index in [9.17, 15) is 4.79 Å². The molecular formula is C17H24N2O4. The fourth-order valence-electron chi connectivity index (χ4n) is 3.14. The van der Waals surface area contributed by atoms with Gasteiger partial charge in [-0.1, -0.05) is 0 Å². The molecule has 3 rings (SSSR count). The van der Waals surface area contributed by atoms with Crippen LogP contribution in [0.4, 0.5) is 5.69 Å². The van der Waals surface area contributed by atoms with E-state index < -0.39 is 5.79 Å². The Morgan fingerprint density at radius 3 is 2.61 bits per heavy atom. The number of likely N-dealkylation sites (tertiary alicyclic amines) is 1. The van der Waals surface area contributed by atoms with E-state index in [0.717, 1.165) is 25.9 Å². The van der Waals surface area contributed by atoms with Crippen LogP contribution in [-0.2, 0) is 9.47 Å². The summed E-state index contributed by atoms with van der Waals surface area (Å²) in [5.41, 5.74) is 7.06. The molecule has 0 aromatic heterocycles. The highest BCUT2D eigenvalue weighted by molar-refractivity contribution is 5.98. The van der Waals surface area contributed by atoms with Crippen molar-refractivity contribution in [1.29, 1.82) is 0 Å². The number of carbonyl (C=O) groups excluding carboxylic acids is 1. The fourth-order valence-corrected chi connectivity index (χ4v) is 3.14. The van der Waals surface area contributed by atoms with Gasteiger partial charge >= 0.3 is 0 Å². The maximum Gasteiger partial charge on any atom is 0.176 e. The quantitative estimate of drug-likeness (QED) is 0.657. The van der Waals surface area contributed by atoms with Gasteiger partial charge in [0.25, 0.3) is 0 Å². The molecule has 126 valence electrons. The van der Waals surface area contributed by atoms with Gasteiger partial charge in [0, 0.05) is 31.5 Å². The number of Topliss-reactive ketones (excluding diaryl/α,β-unsaturated/α-hetero) is 1. The smallest absolute Gasteiger partial charge is 0.176 e. The van der Waals surface area contributed by atoms with Crippen LogP contribution in [0.25, 0.3) is 0 Å². The molecule has 1 spiro atoms. The standard InChI is InChI=1S/C17H24N2O4/c1-2-21-16-4-3-13(11-14(16)18)15(20)12-19-7-5-17(6-8-19)22-9-10-23-17/h3-4,11H,2,5-10,12,18H2,1H3. The fraction of sp³-hybridized carbons (Fsp3) is 0.588. The first kappa shape index (κ1) is 16.2. The minimum atomic E-state index is -0.400. The van der Waals surface area contributed by atoms with Crippen LogP contribution < -0.4 is 10.5 Å². The number of ketones is 1. The Bertz CT molecular complexity index is 560. The van der Waals surface area contributed by atoms with Gasteiger partial charge in [0.05, 0.1) is 32.1 Å². The Balaban J connectivity index is 1.56. The summed E-state index contributed by atoms with van der Waals surface area (Å²) in [6.07, 6.45) is 1.62. The second-order valence-electron chi connectivity index (χ2n) is 5.99. The number of nitrogens with two attached hydrogens (primary N) is 1. The third kappa shape index (κ3) is 3.65. The Labute approximate surface area is 136 Å². The Kier molecular flexibility index (Phi) is 4.84.